The molecule has 4 rings (SSSR count). The molecule has 0 saturated carbocycles. The van der Waals surface area contributed by atoms with E-state index in [2.05, 4.69) is 95.7 Å². The van der Waals surface area contributed by atoms with Crippen molar-refractivity contribution in [3.05, 3.63) is 97.3 Å². The topological polar surface area (TPSA) is 29.9 Å². The van der Waals surface area contributed by atoms with Gasteiger partial charge in [-0.25, -0.2) is 4.98 Å². The first-order valence-corrected chi connectivity index (χ1v) is 9.79. The van der Waals surface area contributed by atoms with Crippen LogP contribution in [-0.2, 0) is 0 Å². The summed E-state index contributed by atoms with van der Waals surface area (Å²) in [6, 6.07) is 31.7. The van der Waals surface area contributed by atoms with E-state index in [0.717, 1.165) is 29.9 Å². The maximum atomic E-state index is 4.79. The third-order valence-corrected chi connectivity index (χ3v) is 5.03. The minimum Gasteiger partial charge on any atom is -0.385 e. The Hall–Kier alpha value is -3.33. The van der Waals surface area contributed by atoms with Crippen molar-refractivity contribution in [2.24, 2.45) is 0 Å². The molecule has 1 atom stereocenters. The number of benzene rings is 3. The van der Waals surface area contributed by atoms with Crippen molar-refractivity contribution in [2.45, 2.75) is 19.4 Å². The molecule has 0 saturated heterocycles. The number of rotatable bonds is 7. The van der Waals surface area contributed by atoms with Crippen molar-refractivity contribution < 1.29 is 0 Å². The SMILES string of the molecule is CC(CCNc1ccccc1)n1cnc(-c2ccccc2)c1-c1ccccc1. The quantitative estimate of drug-likeness (QED) is 0.416. The van der Waals surface area contributed by atoms with E-state index in [0.29, 0.717) is 6.04 Å². The monoisotopic (exact) mass is 367 g/mol. The summed E-state index contributed by atoms with van der Waals surface area (Å²) in [4.78, 5) is 4.79. The third-order valence-electron chi connectivity index (χ3n) is 5.03. The number of hydrogen-bond acceptors (Lipinski definition) is 2. The molecular formula is C25H25N3. The zero-order chi connectivity index (χ0) is 19.2. The normalized spacial score (nSPS) is 11.9. The summed E-state index contributed by atoms with van der Waals surface area (Å²) in [6.45, 7) is 3.17. The maximum Gasteiger partial charge on any atom is 0.0963 e. The van der Waals surface area contributed by atoms with Crippen LogP contribution in [0.5, 0.6) is 0 Å². The molecule has 0 aliphatic rings. The average Bonchev–Trinajstić information content (AvgIpc) is 3.21. The van der Waals surface area contributed by atoms with Gasteiger partial charge in [-0.3, -0.25) is 0 Å². The Labute approximate surface area is 166 Å². The number of imidazole rings is 1. The van der Waals surface area contributed by atoms with Crippen LogP contribution >= 0.6 is 0 Å². The van der Waals surface area contributed by atoms with Gasteiger partial charge in [-0.15, -0.1) is 0 Å². The van der Waals surface area contributed by atoms with E-state index < -0.39 is 0 Å². The summed E-state index contributed by atoms with van der Waals surface area (Å²) in [5.41, 5.74) is 5.72. The van der Waals surface area contributed by atoms with Crippen LogP contribution in [0.1, 0.15) is 19.4 Å². The second-order valence-corrected chi connectivity index (χ2v) is 7.01. The highest BCUT2D eigenvalue weighted by atomic mass is 15.1. The van der Waals surface area contributed by atoms with Gasteiger partial charge in [0.05, 0.1) is 17.7 Å². The summed E-state index contributed by atoms with van der Waals surface area (Å²) in [5.74, 6) is 0. The van der Waals surface area contributed by atoms with Crippen molar-refractivity contribution >= 4 is 5.69 Å². The molecule has 3 heteroatoms. The number of anilines is 1. The molecule has 28 heavy (non-hydrogen) atoms. The predicted molar refractivity (Wildman–Crippen MR) is 117 cm³/mol. The van der Waals surface area contributed by atoms with Crippen LogP contribution in [0.4, 0.5) is 5.69 Å². The molecule has 4 aromatic rings. The van der Waals surface area contributed by atoms with Gasteiger partial charge in [-0.1, -0.05) is 78.9 Å². The summed E-state index contributed by atoms with van der Waals surface area (Å²) >= 11 is 0. The molecule has 3 nitrogen and oxygen atoms in total. The Bertz CT molecular complexity index is 992. The van der Waals surface area contributed by atoms with Gasteiger partial charge in [0.15, 0.2) is 0 Å². The highest BCUT2D eigenvalue weighted by Gasteiger charge is 2.18. The molecule has 3 aromatic carbocycles. The second kappa shape index (κ2) is 8.57. The van der Waals surface area contributed by atoms with Gasteiger partial charge < -0.3 is 9.88 Å². The van der Waals surface area contributed by atoms with Crippen molar-refractivity contribution in [1.29, 1.82) is 0 Å². The minimum absolute atomic E-state index is 0.330. The Balaban J connectivity index is 1.60. The Kier molecular flexibility index (Phi) is 5.53. The molecule has 1 heterocycles. The number of para-hydroxylation sites is 1. The molecule has 0 aliphatic heterocycles. The first-order chi connectivity index (χ1) is 13.8. The lowest BCUT2D eigenvalue weighted by Gasteiger charge is -2.18. The molecule has 0 amide bonds. The van der Waals surface area contributed by atoms with E-state index >= 15 is 0 Å². The van der Waals surface area contributed by atoms with Gasteiger partial charge in [0, 0.05) is 29.4 Å². The number of hydrogen-bond donors (Lipinski definition) is 1. The van der Waals surface area contributed by atoms with Crippen LogP contribution in [0.3, 0.4) is 0 Å². The van der Waals surface area contributed by atoms with Crippen LogP contribution in [-0.4, -0.2) is 16.1 Å². The zero-order valence-electron chi connectivity index (χ0n) is 16.1. The number of nitrogens with zero attached hydrogens (tertiary/aromatic N) is 2. The van der Waals surface area contributed by atoms with Gasteiger partial charge >= 0.3 is 0 Å². The predicted octanol–water partition coefficient (Wildman–Crippen LogP) is 6.28. The first kappa shape index (κ1) is 18.1. The molecule has 0 spiro atoms. The van der Waals surface area contributed by atoms with E-state index in [4.69, 9.17) is 4.98 Å². The largest absolute Gasteiger partial charge is 0.385 e. The molecule has 0 bridgehead atoms. The second-order valence-electron chi connectivity index (χ2n) is 7.01. The van der Waals surface area contributed by atoms with Gasteiger partial charge in [-0.05, 0) is 25.5 Å². The summed E-state index contributed by atoms with van der Waals surface area (Å²) in [7, 11) is 0. The van der Waals surface area contributed by atoms with Crippen LogP contribution in [0.25, 0.3) is 22.5 Å². The third kappa shape index (κ3) is 3.99. The van der Waals surface area contributed by atoms with Gasteiger partial charge in [-0.2, -0.15) is 0 Å². The zero-order valence-corrected chi connectivity index (χ0v) is 16.1. The van der Waals surface area contributed by atoms with E-state index in [9.17, 15) is 0 Å². The molecule has 0 radical (unpaired) electrons. The minimum atomic E-state index is 0.330. The lowest BCUT2D eigenvalue weighted by molar-refractivity contribution is 0.524. The molecule has 140 valence electrons. The van der Waals surface area contributed by atoms with E-state index in [1.54, 1.807) is 0 Å². The summed E-state index contributed by atoms with van der Waals surface area (Å²) in [6.07, 6.45) is 3.00. The fourth-order valence-corrected chi connectivity index (χ4v) is 3.50. The van der Waals surface area contributed by atoms with Crippen molar-refractivity contribution in [3.63, 3.8) is 0 Å². The fraction of sp³-hybridized carbons (Fsp3) is 0.160. The summed E-state index contributed by atoms with van der Waals surface area (Å²) in [5, 5.41) is 3.51. The van der Waals surface area contributed by atoms with E-state index in [1.165, 1.54) is 11.3 Å². The first-order valence-electron chi connectivity index (χ1n) is 9.79. The Morgan fingerprint density at radius 3 is 2.00 bits per heavy atom. The standard InChI is InChI=1S/C25H25N3/c1-20(17-18-26-23-15-9-4-10-16-23)28-19-27-24(21-11-5-2-6-12-21)25(28)22-13-7-3-8-14-22/h2-16,19-20,26H,17-18H2,1H3. The Morgan fingerprint density at radius 1 is 0.786 bits per heavy atom. The van der Waals surface area contributed by atoms with Crippen molar-refractivity contribution in [3.8, 4) is 22.5 Å². The highest BCUT2D eigenvalue weighted by molar-refractivity contribution is 5.78. The highest BCUT2D eigenvalue weighted by Crippen LogP contribution is 2.33. The van der Waals surface area contributed by atoms with Crippen LogP contribution in [0, 0.1) is 0 Å². The van der Waals surface area contributed by atoms with Crippen LogP contribution < -0.4 is 5.32 Å². The smallest absolute Gasteiger partial charge is 0.0963 e. The van der Waals surface area contributed by atoms with Gasteiger partial charge in [0.2, 0.25) is 0 Å². The van der Waals surface area contributed by atoms with Gasteiger partial charge in [0.25, 0.3) is 0 Å². The van der Waals surface area contributed by atoms with E-state index in [-0.39, 0.29) is 0 Å². The molecule has 1 unspecified atom stereocenters. The Morgan fingerprint density at radius 2 is 1.36 bits per heavy atom. The number of aromatic nitrogens is 2. The van der Waals surface area contributed by atoms with Crippen molar-refractivity contribution in [1.82, 2.24) is 9.55 Å². The lowest BCUT2D eigenvalue weighted by atomic mass is 10.0. The molecular weight excluding hydrogens is 342 g/mol. The van der Waals surface area contributed by atoms with E-state index in [1.807, 2.05) is 18.5 Å². The maximum absolute atomic E-state index is 4.79. The molecule has 1 aromatic heterocycles. The number of nitrogens with one attached hydrogen (secondary N) is 1. The summed E-state index contributed by atoms with van der Waals surface area (Å²) < 4.78 is 2.31. The average molecular weight is 367 g/mol. The molecule has 0 fully saturated rings. The lowest BCUT2D eigenvalue weighted by Crippen LogP contribution is -2.11. The molecule has 1 N–H and O–H groups in total. The fourth-order valence-electron chi connectivity index (χ4n) is 3.50. The van der Waals surface area contributed by atoms with Crippen LogP contribution in [0.2, 0.25) is 0 Å². The van der Waals surface area contributed by atoms with Crippen LogP contribution in [0.15, 0.2) is 97.3 Å². The van der Waals surface area contributed by atoms with Gasteiger partial charge in [0.1, 0.15) is 0 Å². The molecule has 0 aliphatic carbocycles. The van der Waals surface area contributed by atoms with Crippen molar-refractivity contribution in [2.75, 3.05) is 11.9 Å².